The van der Waals surface area contributed by atoms with E-state index in [0.717, 1.165) is 12.8 Å². The number of nitrogens with zero attached hydrogens (tertiary/aromatic N) is 2. The Hall–Kier alpha value is -3.04. The van der Waals surface area contributed by atoms with Crippen LogP contribution in [0.5, 0.6) is 11.5 Å². The van der Waals surface area contributed by atoms with Gasteiger partial charge in [-0.15, -0.1) is 0 Å². The number of ether oxygens (including phenoxy) is 3. The van der Waals surface area contributed by atoms with Crippen molar-refractivity contribution in [2.75, 3.05) is 24.5 Å². The topological polar surface area (TPSA) is 91.7 Å². The average molecular weight is 439 g/mol. The maximum absolute atomic E-state index is 13.1. The Morgan fingerprint density at radius 2 is 2.06 bits per heavy atom. The second kappa shape index (κ2) is 8.60. The van der Waals surface area contributed by atoms with Crippen molar-refractivity contribution in [2.45, 2.75) is 30.6 Å². The summed E-state index contributed by atoms with van der Waals surface area (Å²) in [7, 11) is 0. The molecule has 1 unspecified atom stereocenters. The van der Waals surface area contributed by atoms with Crippen LogP contribution in [0.25, 0.3) is 10.9 Å². The van der Waals surface area contributed by atoms with Gasteiger partial charge in [-0.1, -0.05) is 23.9 Å². The fraction of sp³-hybridized carbons (Fsp3) is 0.318. The Bertz CT molecular complexity index is 1190. The van der Waals surface area contributed by atoms with E-state index in [0.29, 0.717) is 46.4 Å². The molecule has 160 valence electrons. The number of carbonyl (C=O) groups is 1. The van der Waals surface area contributed by atoms with E-state index in [1.807, 2.05) is 18.2 Å². The van der Waals surface area contributed by atoms with Crippen molar-refractivity contribution in [3.05, 3.63) is 52.8 Å². The largest absolute Gasteiger partial charge is 0.454 e. The summed E-state index contributed by atoms with van der Waals surface area (Å²) >= 11 is 1.24. The van der Waals surface area contributed by atoms with Gasteiger partial charge >= 0.3 is 0 Å². The van der Waals surface area contributed by atoms with E-state index < -0.39 is 0 Å². The molecule has 0 saturated carbocycles. The molecular weight excluding hydrogens is 418 g/mol. The number of anilines is 1. The third kappa shape index (κ3) is 4.24. The van der Waals surface area contributed by atoms with E-state index in [4.69, 9.17) is 14.2 Å². The number of hydrogen-bond acceptors (Lipinski definition) is 7. The van der Waals surface area contributed by atoms with Crippen molar-refractivity contribution < 1.29 is 19.0 Å². The molecular formula is C22H21N3O5S. The smallest absolute Gasteiger partial charge is 0.262 e. The number of para-hydroxylation sites is 1. The molecule has 2 aliphatic heterocycles. The normalized spacial score (nSPS) is 17.2. The highest BCUT2D eigenvalue weighted by Crippen LogP contribution is 2.34. The SMILES string of the molecule is O=C(CSc1nc2ccccc2c(=O)n1CC1CCCO1)Nc1ccc2c(c1)OCO2. The van der Waals surface area contributed by atoms with Gasteiger partial charge in [0.05, 0.1) is 29.3 Å². The number of amides is 1. The van der Waals surface area contributed by atoms with Crippen LogP contribution in [0, 0.1) is 0 Å². The van der Waals surface area contributed by atoms with Crippen LogP contribution in [0.15, 0.2) is 52.4 Å². The minimum atomic E-state index is -0.199. The zero-order chi connectivity index (χ0) is 21.2. The Morgan fingerprint density at radius 1 is 1.19 bits per heavy atom. The van der Waals surface area contributed by atoms with Crippen LogP contribution in [0.1, 0.15) is 12.8 Å². The van der Waals surface area contributed by atoms with E-state index in [1.165, 1.54) is 11.8 Å². The van der Waals surface area contributed by atoms with Gasteiger partial charge in [0.1, 0.15) is 0 Å². The number of rotatable bonds is 6. The monoisotopic (exact) mass is 439 g/mol. The molecule has 3 heterocycles. The number of benzene rings is 2. The standard InChI is InChI=1S/C22H21N3O5S/c26-20(23-14-7-8-18-19(10-14)30-13-29-18)12-31-22-24-17-6-2-1-5-16(17)21(27)25(22)11-15-4-3-9-28-15/h1-2,5-8,10,15H,3-4,9,11-13H2,(H,23,26). The van der Waals surface area contributed by atoms with Gasteiger partial charge in [0.2, 0.25) is 12.7 Å². The summed E-state index contributed by atoms with van der Waals surface area (Å²) < 4.78 is 18.0. The highest BCUT2D eigenvalue weighted by Gasteiger charge is 2.21. The predicted molar refractivity (Wildman–Crippen MR) is 117 cm³/mol. The zero-order valence-electron chi connectivity index (χ0n) is 16.7. The molecule has 2 aliphatic rings. The van der Waals surface area contributed by atoms with Crippen molar-refractivity contribution >= 4 is 34.3 Å². The molecule has 2 aromatic carbocycles. The first kappa shape index (κ1) is 19.9. The minimum Gasteiger partial charge on any atom is -0.454 e. The lowest BCUT2D eigenvalue weighted by Gasteiger charge is -2.16. The van der Waals surface area contributed by atoms with Gasteiger partial charge in [0.15, 0.2) is 16.7 Å². The molecule has 31 heavy (non-hydrogen) atoms. The summed E-state index contributed by atoms with van der Waals surface area (Å²) in [6, 6.07) is 12.5. The van der Waals surface area contributed by atoms with E-state index >= 15 is 0 Å². The van der Waals surface area contributed by atoms with Gasteiger partial charge in [-0.2, -0.15) is 0 Å². The van der Waals surface area contributed by atoms with E-state index in [2.05, 4.69) is 10.3 Å². The summed E-state index contributed by atoms with van der Waals surface area (Å²) in [5.41, 5.74) is 1.13. The predicted octanol–water partition coefficient (Wildman–Crippen LogP) is 3.04. The number of carbonyl (C=O) groups excluding carboxylic acids is 1. The lowest BCUT2D eigenvalue weighted by molar-refractivity contribution is -0.113. The van der Waals surface area contributed by atoms with Gasteiger partial charge in [0.25, 0.3) is 5.56 Å². The number of nitrogens with one attached hydrogen (secondary N) is 1. The average Bonchev–Trinajstić information content (AvgIpc) is 3.46. The van der Waals surface area contributed by atoms with Crippen molar-refractivity contribution in [3.63, 3.8) is 0 Å². The first-order chi connectivity index (χ1) is 15.2. The van der Waals surface area contributed by atoms with Crippen molar-refractivity contribution in [1.29, 1.82) is 0 Å². The third-order valence-corrected chi connectivity index (χ3v) is 6.20. The number of thioether (sulfide) groups is 1. The van der Waals surface area contributed by atoms with Crippen LogP contribution in [0.4, 0.5) is 5.69 Å². The molecule has 9 heteroatoms. The lowest BCUT2D eigenvalue weighted by atomic mass is 10.2. The molecule has 8 nitrogen and oxygen atoms in total. The molecule has 0 spiro atoms. The quantitative estimate of drug-likeness (QED) is 0.466. The van der Waals surface area contributed by atoms with Crippen LogP contribution < -0.4 is 20.3 Å². The molecule has 5 rings (SSSR count). The Kier molecular flexibility index (Phi) is 5.52. The number of fused-ring (bicyclic) bond motifs is 2. The van der Waals surface area contributed by atoms with Gasteiger partial charge < -0.3 is 19.5 Å². The Morgan fingerprint density at radius 3 is 2.94 bits per heavy atom. The Balaban J connectivity index is 1.35. The van der Waals surface area contributed by atoms with Crippen LogP contribution in [-0.2, 0) is 16.1 Å². The number of aromatic nitrogens is 2. The van der Waals surface area contributed by atoms with Crippen molar-refractivity contribution in [3.8, 4) is 11.5 Å². The molecule has 0 bridgehead atoms. The molecule has 0 aliphatic carbocycles. The maximum atomic E-state index is 13.1. The lowest BCUT2D eigenvalue weighted by Crippen LogP contribution is -2.29. The summed E-state index contributed by atoms with van der Waals surface area (Å²) in [5.74, 6) is 1.18. The van der Waals surface area contributed by atoms with Gasteiger partial charge in [0, 0.05) is 18.4 Å². The van der Waals surface area contributed by atoms with Gasteiger partial charge in [-0.25, -0.2) is 4.98 Å². The molecule has 1 N–H and O–H groups in total. The molecule has 1 amide bonds. The number of hydrogen-bond donors (Lipinski definition) is 1. The fourth-order valence-electron chi connectivity index (χ4n) is 3.71. The van der Waals surface area contributed by atoms with Crippen molar-refractivity contribution in [2.24, 2.45) is 0 Å². The summed E-state index contributed by atoms with van der Waals surface area (Å²) in [5, 5.41) is 3.93. The Labute approximate surface area is 182 Å². The highest BCUT2D eigenvalue weighted by atomic mass is 32.2. The van der Waals surface area contributed by atoms with E-state index in [9.17, 15) is 9.59 Å². The van der Waals surface area contributed by atoms with Crippen LogP contribution in [0.2, 0.25) is 0 Å². The highest BCUT2D eigenvalue weighted by molar-refractivity contribution is 7.99. The maximum Gasteiger partial charge on any atom is 0.262 e. The molecule has 3 aromatic rings. The van der Waals surface area contributed by atoms with Crippen LogP contribution in [0.3, 0.4) is 0 Å². The molecule has 1 fully saturated rings. The van der Waals surface area contributed by atoms with Gasteiger partial charge in [-0.3, -0.25) is 14.2 Å². The summed E-state index contributed by atoms with van der Waals surface area (Å²) in [6.07, 6.45) is 1.89. The minimum absolute atomic E-state index is 0.0116. The van der Waals surface area contributed by atoms with Crippen LogP contribution >= 0.6 is 11.8 Å². The van der Waals surface area contributed by atoms with Crippen LogP contribution in [-0.4, -0.2) is 40.7 Å². The van der Waals surface area contributed by atoms with Gasteiger partial charge in [-0.05, 0) is 37.1 Å². The molecule has 1 saturated heterocycles. The van der Waals surface area contributed by atoms with Crippen molar-refractivity contribution in [1.82, 2.24) is 9.55 Å². The van der Waals surface area contributed by atoms with E-state index in [1.54, 1.807) is 28.8 Å². The zero-order valence-corrected chi connectivity index (χ0v) is 17.5. The first-order valence-electron chi connectivity index (χ1n) is 10.1. The molecule has 1 aromatic heterocycles. The summed E-state index contributed by atoms with van der Waals surface area (Å²) in [4.78, 5) is 30.3. The second-order valence-electron chi connectivity index (χ2n) is 7.37. The first-order valence-corrected chi connectivity index (χ1v) is 11.1. The molecule has 0 radical (unpaired) electrons. The second-order valence-corrected chi connectivity index (χ2v) is 8.31. The fourth-order valence-corrected chi connectivity index (χ4v) is 4.52. The molecule has 1 atom stereocenters. The summed E-state index contributed by atoms with van der Waals surface area (Å²) in [6.45, 7) is 1.32. The van der Waals surface area contributed by atoms with E-state index in [-0.39, 0.29) is 30.1 Å². The third-order valence-electron chi connectivity index (χ3n) is 5.23.